The molecular weight excluding hydrogens is 585 g/mol. The van der Waals surface area contributed by atoms with Crippen LogP contribution in [0.25, 0.3) is 0 Å². The lowest BCUT2D eigenvalue weighted by molar-refractivity contribution is -0.139. The van der Waals surface area contributed by atoms with E-state index in [1.165, 1.54) is 36.3 Å². The van der Waals surface area contributed by atoms with Gasteiger partial charge in [0.1, 0.15) is 18.3 Å². The van der Waals surface area contributed by atoms with Crippen LogP contribution in [0, 0.1) is 0 Å². The molecule has 1 N–H and O–H groups in total. The number of likely N-dealkylation sites (N-methyl/N-ethyl adjacent to an activating group) is 1. The summed E-state index contributed by atoms with van der Waals surface area (Å²) in [6, 6.07) is 16.1. The number of anilines is 1. The van der Waals surface area contributed by atoms with Crippen molar-refractivity contribution < 1.29 is 22.7 Å². The minimum Gasteiger partial charge on any atom is -0.495 e. The van der Waals surface area contributed by atoms with Crippen LogP contribution in [0.4, 0.5) is 5.69 Å². The highest BCUT2D eigenvalue weighted by Gasteiger charge is 2.34. The van der Waals surface area contributed by atoms with Crippen LogP contribution in [0.1, 0.15) is 19.4 Å². The van der Waals surface area contributed by atoms with E-state index in [0.29, 0.717) is 17.1 Å². The molecule has 12 heteroatoms. The fourth-order valence-corrected chi connectivity index (χ4v) is 5.75. The number of ether oxygens (including phenoxy) is 1. The third-order valence-corrected chi connectivity index (χ3v) is 8.62. The van der Waals surface area contributed by atoms with Gasteiger partial charge in [0.25, 0.3) is 10.0 Å². The molecule has 0 radical (unpaired) electrons. The van der Waals surface area contributed by atoms with Crippen molar-refractivity contribution in [3.8, 4) is 5.75 Å². The van der Waals surface area contributed by atoms with Gasteiger partial charge in [0.2, 0.25) is 11.8 Å². The molecule has 0 fully saturated rings. The van der Waals surface area contributed by atoms with Gasteiger partial charge >= 0.3 is 0 Å². The van der Waals surface area contributed by atoms with Crippen molar-refractivity contribution in [2.24, 2.45) is 0 Å². The van der Waals surface area contributed by atoms with Crippen LogP contribution in [0.5, 0.6) is 5.75 Å². The molecule has 8 nitrogen and oxygen atoms in total. The van der Waals surface area contributed by atoms with Crippen LogP contribution in [0.15, 0.2) is 71.6 Å². The van der Waals surface area contributed by atoms with Gasteiger partial charge in [-0.2, -0.15) is 0 Å². The Bertz CT molecular complexity index is 1440. The molecule has 3 aromatic carbocycles. The predicted molar refractivity (Wildman–Crippen MR) is 154 cm³/mol. The Morgan fingerprint density at radius 2 is 1.67 bits per heavy atom. The maximum atomic E-state index is 13.9. The first-order valence-corrected chi connectivity index (χ1v) is 14.5. The van der Waals surface area contributed by atoms with Crippen LogP contribution in [0.3, 0.4) is 0 Å². The van der Waals surface area contributed by atoms with Crippen molar-refractivity contribution in [1.82, 2.24) is 10.2 Å². The van der Waals surface area contributed by atoms with E-state index in [1.807, 2.05) is 0 Å². The van der Waals surface area contributed by atoms with E-state index < -0.39 is 34.4 Å². The molecule has 3 rings (SSSR count). The van der Waals surface area contributed by atoms with Crippen molar-refractivity contribution in [2.45, 2.75) is 31.3 Å². The monoisotopic (exact) mass is 611 g/mol. The molecule has 2 amide bonds. The topological polar surface area (TPSA) is 96.0 Å². The molecule has 1 atom stereocenters. The minimum absolute atomic E-state index is 0.0278. The number of benzene rings is 3. The molecular formula is C27H28Cl3N3O5S. The summed E-state index contributed by atoms with van der Waals surface area (Å²) in [7, 11) is -2.88. The lowest BCUT2D eigenvalue weighted by atomic mass is 10.1. The Morgan fingerprint density at radius 3 is 2.28 bits per heavy atom. The Kier molecular flexibility index (Phi) is 10.5. The summed E-state index contributed by atoms with van der Waals surface area (Å²) in [5.41, 5.74) is 0.675. The maximum absolute atomic E-state index is 13.9. The van der Waals surface area contributed by atoms with Gasteiger partial charge in [0, 0.05) is 18.1 Å². The molecule has 0 saturated carbocycles. The van der Waals surface area contributed by atoms with Crippen LogP contribution >= 0.6 is 34.8 Å². The third-order valence-electron chi connectivity index (χ3n) is 5.87. The number of sulfonamides is 1. The van der Waals surface area contributed by atoms with E-state index in [1.54, 1.807) is 56.3 Å². The molecule has 39 heavy (non-hydrogen) atoms. The van der Waals surface area contributed by atoms with Crippen molar-refractivity contribution in [3.05, 3.63) is 87.4 Å². The van der Waals surface area contributed by atoms with Crippen LogP contribution in [-0.2, 0) is 26.2 Å². The SMILES string of the molecule is CCNC(=O)[C@H](C)N(Cc1ccc(Cl)c(Cl)c1)C(=O)CN(c1cc(Cl)ccc1OC)S(=O)(=O)c1ccccc1. The number of halogens is 3. The Balaban J connectivity index is 2.10. The summed E-state index contributed by atoms with van der Waals surface area (Å²) in [4.78, 5) is 28.0. The molecule has 0 aliphatic carbocycles. The van der Waals surface area contributed by atoms with Crippen molar-refractivity contribution in [1.29, 1.82) is 0 Å². The molecule has 0 aliphatic heterocycles. The number of amides is 2. The summed E-state index contributed by atoms with van der Waals surface area (Å²) in [5, 5.41) is 3.57. The second-order valence-electron chi connectivity index (χ2n) is 8.48. The van der Waals surface area contributed by atoms with E-state index in [2.05, 4.69) is 5.32 Å². The smallest absolute Gasteiger partial charge is 0.264 e. The molecule has 0 saturated heterocycles. The zero-order valence-corrected chi connectivity index (χ0v) is 24.6. The van der Waals surface area contributed by atoms with E-state index >= 15 is 0 Å². The highest BCUT2D eigenvalue weighted by atomic mass is 35.5. The number of hydrogen-bond donors (Lipinski definition) is 1. The second-order valence-corrected chi connectivity index (χ2v) is 11.6. The van der Waals surface area contributed by atoms with Gasteiger partial charge in [0.15, 0.2) is 0 Å². The molecule has 208 valence electrons. The van der Waals surface area contributed by atoms with E-state index in [-0.39, 0.29) is 32.9 Å². The molecule has 0 spiro atoms. The normalized spacial score (nSPS) is 11.9. The van der Waals surface area contributed by atoms with Gasteiger partial charge in [-0.15, -0.1) is 0 Å². The first kappa shape index (κ1) is 30.6. The largest absolute Gasteiger partial charge is 0.495 e. The molecule has 0 aliphatic rings. The number of hydrogen-bond acceptors (Lipinski definition) is 5. The standard InChI is InChI=1S/C27H28Cl3N3O5S/c1-4-31-27(35)18(2)32(16-19-10-12-22(29)23(30)14-19)26(34)17-33(24-15-20(28)11-13-25(24)38-3)39(36,37)21-8-6-5-7-9-21/h5-15,18H,4,16-17H2,1-3H3,(H,31,35)/t18-/m0/s1. The number of carbonyl (C=O) groups is 2. The quantitative estimate of drug-likeness (QED) is 0.313. The zero-order chi connectivity index (χ0) is 28.7. The molecule has 0 bridgehead atoms. The predicted octanol–water partition coefficient (Wildman–Crippen LogP) is 5.40. The van der Waals surface area contributed by atoms with E-state index in [4.69, 9.17) is 39.5 Å². The van der Waals surface area contributed by atoms with Crippen molar-refractivity contribution >= 4 is 62.3 Å². The average molecular weight is 613 g/mol. The average Bonchev–Trinajstić information content (AvgIpc) is 2.92. The van der Waals surface area contributed by atoms with Crippen molar-refractivity contribution in [2.75, 3.05) is 24.5 Å². The van der Waals surface area contributed by atoms with Gasteiger partial charge in [-0.3, -0.25) is 13.9 Å². The summed E-state index contributed by atoms with van der Waals surface area (Å²) >= 11 is 18.5. The molecule has 0 aromatic heterocycles. The first-order valence-electron chi connectivity index (χ1n) is 11.9. The molecule has 0 heterocycles. The third kappa shape index (κ3) is 7.36. The summed E-state index contributed by atoms with van der Waals surface area (Å²) in [5.74, 6) is -0.843. The fraction of sp³-hybridized carbons (Fsp3) is 0.259. The Morgan fingerprint density at radius 1 is 0.974 bits per heavy atom. The van der Waals surface area contributed by atoms with Gasteiger partial charge in [-0.05, 0) is 61.9 Å². The maximum Gasteiger partial charge on any atom is 0.264 e. The van der Waals surface area contributed by atoms with Gasteiger partial charge in [-0.25, -0.2) is 8.42 Å². The second kappa shape index (κ2) is 13.4. The highest BCUT2D eigenvalue weighted by molar-refractivity contribution is 7.92. The lowest BCUT2D eigenvalue weighted by Crippen LogP contribution is -2.51. The fourth-order valence-electron chi connectivity index (χ4n) is 3.83. The highest BCUT2D eigenvalue weighted by Crippen LogP contribution is 2.35. The summed E-state index contributed by atoms with van der Waals surface area (Å²) in [6.07, 6.45) is 0. The summed E-state index contributed by atoms with van der Waals surface area (Å²) in [6.45, 7) is 3.01. The summed E-state index contributed by atoms with van der Waals surface area (Å²) < 4.78 is 34.1. The Hall–Kier alpha value is -2.98. The minimum atomic E-state index is -4.27. The number of rotatable bonds is 11. The van der Waals surface area contributed by atoms with E-state index in [9.17, 15) is 18.0 Å². The van der Waals surface area contributed by atoms with Gasteiger partial charge < -0.3 is 15.0 Å². The lowest BCUT2D eigenvalue weighted by Gasteiger charge is -2.32. The Labute approximate surface area is 243 Å². The van der Waals surface area contributed by atoms with Gasteiger partial charge in [-0.1, -0.05) is 59.1 Å². The van der Waals surface area contributed by atoms with Crippen molar-refractivity contribution in [3.63, 3.8) is 0 Å². The van der Waals surface area contributed by atoms with E-state index in [0.717, 1.165) is 4.31 Å². The zero-order valence-electron chi connectivity index (χ0n) is 21.5. The molecule has 3 aromatic rings. The number of methoxy groups -OCH3 is 1. The number of nitrogens with one attached hydrogen (secondary N) is 1. The van der Waals surface area contributed by atoms with Crippen LogP contribution < -0.4 is 14.4 Å². The number of carbonyl (C=O) groups excluding carboxylic acids is 2. The molecule has 0 unspecified atom stereocenters. The number of nitrogens with zero attached hydrogens (tertiary/aromatic N) is 2. The van der Waals surface area contributed by atoms with Crippen LogP contribution in [0.2, 0.25) is 15.1 Å². The van der Waals surface area contributed by atoms with Crippen LogP contribution in [-0.4, -0.2) is 51.4 Å². The first-order chi connectivity index (χ1) is 18.5. The van der Waals surface area contributed by atoms with Gasteiger partial charge in [0.05, 0.1) is 27.7 Å².